The summed E-state index contributed by atoms with van der Waals surface area (Å²) in [6.45, 7) is 10.9. The Balaban J connectivity index is 1.78. The van der Waals surface area contributed by atoms with Crippen molar-refractivity contribution < 1.29 is 32.9 Å². The first kappa shape index (κ1) is 31.0. The van der Waals surface area contributed by atoms with Crippen LogP contribution in [-0.2, 0) is 14.2 Å². The van der Waals surface area contributed by atoms with E-state index in [0.717, 1.165) is 4.68 Å². The molecule has 3 rings (SSSR count). The van der Waals surface area contributed by atoms with E-state index in [1.165, 1.54) is 24.1 Å². The van der Waals surface area contributed by atoms with E-state index in [2.05, 4.69) is 5.10 Å². The van der Waals surface area contributed by atoms with Crippen LogP contribution in [0.4, 0.5) is 19.7 Å². The lowest BCUT2D eigenvalue weighted by molar-refractivity contribution is 0.00508. The molecule has 1 atom stereocenters. The largest absolute Gasteiger partial charge is 0.492 e. The SMILES string of the molecule is CO[C@@H](CN(CCOc1ccc2c(Cl)nn(C(=O)OC(C)(C)C)c2c1)C(=O)OC(C)(C)C)c1ccc(F)c(N)c1. The van der Waals surface area contributed by atoms with Crippen LogP contribution in [0.1, 0.15) is 53.2 Å². The second-order valence-corrected chi connectivity index (χ2v) is 11.5. The minimum atomic E-state index is -0.733. The van der Waals surface area contributed by atoms with Gasteiger partial charge in [-0.3, -0.25) is 0 Å². The van der Waals surface area contributed by atoms with Gasteiger partial charge in [0.2, 0.25) is 0 Å². The number of amides is 1. The van der Waals surface area contributed by atoms with Crippen molar-refractivity contribution in [1.29, 1.82) is 0 Å². The van der Waals surface area contributed by atoms with Gasteiger partial charge in [-0.15, -0.1) is 5.10 Å². The molecule has 40 heavy (non-hydrogen) atoms. The third-order valence-corrected chi connectivity index (χ3v) is 5.80. The number of fused-ring (bicyclic) bond motifs is 1. The molecule has 0 aliphatic rings. The van der Waals surface area contributed by atoms with Crippen LogP contribution < -0.4 is 10.5 Å². The van der Waals surface area contributed by atoms with Crippen molar-refractivity contribution in [3.8, 4) is 5.75 Å². The molecule has 0 spiro atoms. The highest BCUT2D eigenvalue weighted by molar-refractivity contribution is 6.34. The van der Waals surface area contributed by atoms with Gasteiger partial charge in [-0.1, -0.05) is 17.7 Å². The van der Waals surface area contributed by atoms with Crippen LogP contribution in [0.15, 0.2) is 36.4 Å². The zero-order valence-electron chi connectivity index (χ0n) is 23.8. The molecule has 2 aromatic carbocycles. The van der Waals surface area contributed by atoms with Gasteiger partial charge in [0.15, 0.2) is 5.15 Å². The number of rotatable bonds is 8. The molecule has 1 aromatic heterocycles. The Morgan fingerprint density at radius 3 is 2.35 bits per heavy atom. The summed E-state index contributed by atoms with van der Waals surface area (Å²) in [4.78, 5) is 27.1. The van der Waals surface area contributed by atoms with Gasteiger partial charge in [0.25, 0.3) is 0 Å². The topological polar surface area (TPSA) is 118 Å². The molecule has 0 aliphatic heterocycles. The number of nitrogens with two attached hydrogens (primary N) is 1. The van der Waals surface area contributed by atoms with Gasteiger partial charge in [0.05, 0.1) is 30.4 Å². The molecule has 0 fully saturated rings. The first-order valence-electron chi connectivity index (χ1n) is 12.7. The van der Waals surface area contributed by atoms with Crippen molar-refractivity contribution in [2.45, 2.75) is 58.8 Å². The molecule has 0 aliphatic carbocycles. The quantitative estimate of drug-likeness (QED) is 0.314. The lowest BCUT2D eigenvalue weighted by Crippen LogP contribution is -2.41. The highest BCUT2D eigenvalue weighted by Gasteiger charge is 2.26. The number of nitrogens with zero attached hydrogens (tertiary/aromatic N) is 3. The van der Waals surface area contributed by atoms with E-state index in [-0.39, 0.29) is 30.5 Å². The Bertz CT molecular complexity index is 1370. The molecule has 0 saturated heterocycles. The van der Waals surface area contributed by atoms with Gasteiger partial charge in [-0.2, -0.15) is 4.68 Å². The maximum atomic E-state index is 13.7. The van der Waals surface area contributed by atoms with E-state index in [4.69, 9.17) is 36.3 Å². The Hall–Kier alpha value is -3.57. The highest BCUT2D eigenvalue weighted by atomic mass is 35.5. The predicted molar refractivity (Wildman–Crippen MR) is 150 cm³/mol. The maximum absolute atomic E-state index is 13.7. The van der Waals surface area contributed by atoms with Gasteiger partial charge in [-0.05, 0) is 71.4 Å². The number of benzene rings is 2. The summed E-state index contributed by atoms with van der Waals surface area (Å²) in [5.74, 6) is -0.116. The molecule has 3 aromatic rings. The zero-order chi connectivity index (χ0) is 29.8. The van der Waals surface area contributed by atoms with Gasteiger partial charge in [0, 0.05) is 18.6 Å². The average Bonchev–Trinajstić information content (AvgIpc) is 3.17. The molecule has 218 valence electrons. The second-order valence-electron chi connectivity index (χ2n) is 11.1. The number of hydrogen-bond acceptors (Lipinski definition) is 8. The maximum Gasteiger partial charge on any atom is 0.435 e. The summed E-state index contributed by atoms with van der Waals surface area (Å²) in [6, 6.07) is 9.27. The molecular formula is C28H36ClFN4O6. The van der Waals surface area contributed by atoms with Gasteiger partial charge < -0.3 is 29.6 Å². The van der Waals surface area contributed by atoms with Crippen molar-refractivity contribution in [1.82, 2.24) is 14.7 Å². The summed E-state index contributed by atoms with van der Waals surface area (Å²) in [5.41, 5.74) is 5.27. The van der Waals surface area contributed by atoms with E-state index in [9.17, 15) is 14.0 Å². The number of anilines is 1. The summed E-state index contributed by atoms with van der Waals surface area (Å²) in [5, 5.41) is 4.80. The Kier molecular flexibility index (Phi) is 9.52. The second kappa shape index (κ2) is 12.3. The van der Waals surface area contributed by atoms with Crippen molar-refractivity contribution in [2.75, 3.05) is 32.5 Å². The van der Waals surface area contributed by atoms with Gasteiger partial charge in [-0.25, -0.2) is 14.0 Å². The molecular weight excluding hydrogens is 543 g/mol. The smallest absolute Gasteiger partial charge is 0.435 e. The lowest BCUT2D eigenvalue weighted by atomic mass is 10.1. The minimum Gasteiger partial charge on any atom is -0.492 e. The summed E-state index contributed by atoms with van der Waals surface area (Å²) >= 11 is 6.23. The fourth-order valence-electron chi connectivity index (χ4n) is 3.73. The Morgan fingerprint density at radius 1 is 1.07 bits per heavy atom. The van der Waals surface area contributed by atoms with Crippen LogP contribution in [0.25, 0.3) is 10.9 Å². The van der Waals surface area contributed by atoms with E-state index in [0.29, 0.717) is 22.2 Å². The molecule has 10 nitrogen and oxygen atoms in total. The molecule has 1 amide bonds. The van der Waals surface area contributed by atoms with E-state index >= 15 is 0 Å². The van der Waals surface area contributed by atoms with E-state index < -0.39 is 35.3 Å². The number of ether oxygens (including phenoxy) is 4. The standard InChI is InChI=1S/C28H36ClFN4O6/c1-27(2,3)39-25(35)33(16-23(37-7)17-8-11-20(30)21(31)14-17)12-13-38-18-9-10-19-22(15-18)34(32-24(19)29)26(36)40-28(4,5)6/h8-11,14-15,23H,12-13,16,31H2,1-7H3/t23-/m0/s1. The number of hydrogen-bond donors (Lipinski definition) is 1. The third kappa shape index (κ3) is 8.22. The normalized spacial score (nSPS) is 12.7. The molecule has 0 unspecified atom stereocenters. The molecule has 0 bridgehead atoms. The third-order valence-electron chi connectivity index (χ3n) is 5.52. The Morgan fingerprint density at radius 2 is 1.75 bits per heavy atom. The lowest BCUT2D eigenvalue weighted by Gasteiger charge is -2.30. The van der Waals surface area contributed by atoms with Crippen molar-refractivity contribution >= 4 is 40.4 Å². The Labute approximate surface area is 238 Å². The summed E-state index contributed by atoms with van der Waals surface area (Å²) in [6.07, 6.45) is -1.85. The number of nitrogen functional groups attached to an aromatic ring is 1. The average molecular weight is 579 g/mol. The first-order chi connectivity index (χ1) is 18.6. The van der Waals surface area contributed by atoms with Crippen LogP contribution >= 0.6 is 11.6 Å². The zero-order valence-corrected chi connectivity index (χ0v) is 24.5. The van der Waals surface area contributed by atoms with Crippen LogP contribution in [0.3, 0.4) is 0 Å². The predicted octanol–water partition coefficient (Wildman–Crippen LogP) is 6.20. The monoisotopic (exact) mass is 578 g/mol. The van der Waals surface area contributed by atoms with Gasteiger partial charge in [0.1, 0.15) is 29.4 Å². The molecule has 2 N–H and O–H groups in total. The summed E-state index contributed by atoms with van der Waals surface area (Å²) in [7, 11) is 1.49. The van der Waals surface area contributed by atoms with Crippen LogP contribution in [0, 0.1) is 5.82 Å². The first-order valence-corrected chi connectivity index (χ1v) is 13.1. The number of carbonyl (C=O) groups excluding carboxylic acids is 2. The number of halogens is 2. The van der Waals surface area contributed by atoms with Crippen molar-refractivity contribution in [3.05, 3.63) is 52.9 Å². The minimum absolute atomic E-state index is 0.0205. The highest BCUT2D eigenvalue weighted by Crippen LogP contribution is 2.28. The molecule has 1 heterocycles. The van der Waals surface area contributed by atoms with Crippen LogP contribution in [0.2, 0.25) is 5.15 Å². The van der Waals surface area contributed by atoms with E-state index in [1.807, 2.05) is 0 Å². The van der Waals surface area contributed by atoms with Gasteiger partial charge >= 0.3 is 12.2 Å². The van der Waals surface area contributed by atoms with Crippen molar-refractivity contribution in [2.24, 2.45) is 0 Å². The van der Waals surface area contributed by atoms with Crippen molar-refractivity contribution in [3.63, 3.8) is 0 Å². The molecule has 12 heteroatoms. The molecule has 0 radical (unpaired) electrons. The fourth-order valence-corrected chi connectivity index (χ4v) is 3.96. The summed E-state index contributed by atoms with van der Waals surface area (Å²) < 4.78 is 37.3. The van der Waals surface area contributed by atoms with Crippen LogP contribution in [-0.4, -0.2) is 64.9 Å². The van der Waals surface area contributed by atoms with E-state index in [1.54, 1.807) is 65.8 Å². The fraction of sp³-hybridized carbons (Fsp3) is 0.464. The number of methoxy groups -OCH3 is 1. The molecule has 0 saturated carbocycles. The number of aromatic nitrogens is 2. The van der Waals surface area contributed by atoms with Crippen LogP contribution in [0.5, 0.6) is 5.75 Å². The number of carbonyl (C=O) groups is 2.